The molecule has 9 nitrogen and oxygen atoms in total. The van der Waals surface area contributed by atoms with Gasteiger partial charge in [-0.15, -0.1) is 0 Å². The zero-order valence-corrected chi connectivity index (χ0v) is 16.9. The molecule has 0 radical (unpaired) electrons. The Hall–Kier alpha value is -1.58. The van der Waals surface area contributed by atoms with Crippen molar-refractivity contribution in [3.63, 3.8) is 0 Å². The van der Waals surface area contributed by atoms with Gasteiger partial charge in [-0.2, -0.15) is 0 Å². The fraction of sp³-hybridized carbons (Fsp3) is 0.889. The number of urea groups is 1. The molecular weight excluding hydrogens is 354 g/mol. The van der Waals surface area contributed by atoms with Gasteiger partial charge in [0.05, 0.1) is 18.2 Å². The summed E-state index contributed by atoms with van der Waals surface area (Å²) in [4.78, 5) is 24.4. The smallest absolute Gasteiger partial charge is 0.408 e. The SMILES string of the molecule is COC(CNC(=O)NC12CCC(NC(=O)OC(C)(C)C)(CC1)[C@@H](O)C2)OC. The van der Waals surface area contributed by atoms with E-state index >= 15 is 0 Å². The number of fused-ring (bicyclic) bond motifs is 3. The van der Waals surface area contributed by atoms with Gasteiger partial charge in [-0.1, -0.05) is 0 Å². The van der Waals surface area contributed by atoms with Gasteiger partial charge in [0.15, 0.2) is 6.29 Å². The molecule has 0 spiro atoms. The van der Waals surface area contributed by atoms with Crippen LogP contribution in [0.25, 0.3) is 0 Å². The van der Waals surface area contributed by atoms with Gasteiger partial charge < -0.3 is 35.3 Å². The zero-order valence-electron chi connectivity index (χ0n) is 16.9. The number of rotatable bonds is 6. The summed E-state index contributed by atoms with van der Waals surface area (Å²) in [5, 5.41) is 19.3. The number of hydrogen-bond donors (Lipinski definition) is 4. The normalized spacial score (nSPS) is 30.1. The van der Waals surface area contributed by atoms with E-state index in [1.165, 1.54) is 14.2 Å². The van der Waals surface area contributed by atoms with Crippen molar-refractivity contribution in [3.05, 3.63) is 0 Å². The number of amides is 3. The molecule has 0 aromatic carbocycles. The summed E-state index contributed by atoms with van der Waals surface area (Å²) in [5.41, 5.74) is -1.77. The van der Waals surface area contributed by atoms with Crippen LogP contribution < -0.4 is 16.0 Å². The van der Waals surface area contributed by atoms with E-state index in [0.717, 1.165) is 0 Å². The number of alkyl carbamates (subject to hydrolysis) is 1. The van der Waals surface area contributed by atoms with Crippen molar-refractivity contribution in [2.45, 2.75) is 81.9 Å². The molecule has 27 heavy (non-hydrogen) atoms. The number of aliphatic hydroxyl groups excluding tert-OH is 1. The first-order valence-electron chi connectivity index (χ1n) is 9.34. The topological polar surface area (TPSA) is 118 Å². The lowest BCUT2D eigenvalue weighted by atomic mass is 9.60. The van der Waals surface area contributed by atoms with Crippen molar-refractivity contribution in [2.75, 3.05) is 20.8 Å². The van der Waals surface area contributed by atoms with Gasteiger partial charge in [0.1, 0.15) is 5.60 Å². The maximum Gasteiger partial charge on any atom is 0.408 e. The van der Waals surface area contributed by atoms with Crippen molar-refractivity contribution >= 4 is 12.1 Å². The van der Waals surface area contributed by atoms with E-state index in [-0.39, 0.29) is 12.6 Å². The highest BCUT2D eigenvalue weighted by molar-refractivity contribution is 5.75. The molecule has 0 aliphatic heterocycles. The minimum absolute atomic E-state index is 0.224. The van der Waals surface area contributed by atoms with Crippen LogP contribution in [0.5, 0.6) is 0 Å². The predicted molar refractivity (Wildman–Crippen MR) is 98.3 cm³/mol. The number of hydrogen-bond acceptors (Lipinski definition) is 6. The molecule has 0 unspecified atom stereocenters. The molecule has 0 saturated heterocycles. The molecule has 0 heterocycles. The summed E-state index contributed by atoms with van der Waals surface area (Å²) in [6.07, 6.45) is 1.09. The minimum Gasteiger partial charge on any atom is -0.444 e. The van der Waals surface area contributed by atoms with Crippen LogP contribution in [-0.4, -0.2) is 67.1 Å². The Morgan fingerprint density at radius 2 is 1.70 bits per heavy atom. The summed E-state index contributed by atoms with van der Waals surface area (Å²) >= 11 is 0. The average Bonchev–Trinajstić information content (AvgIpc) is 2.55. The number of aliphatic hydroxyl groups is 1. The van der Waals surface area contributed by atoms with Gasteiger partial charge in [0.2, 0.25) is 0 Å². The van der Waals surface area contributed by atoms with Crippen molar-refractivity contribution in [3.8, 4) is 0 Å². The van der Waals surface area contributed by atoms with E-state index < -0.39 is 35.2 Å². The Labute approximate surface area is 160 Å². The summed E-state index contributed by atoms with van der Waals surface area (Å²) in [6.45, 7) is 5.62. The van der Waals surface area contributed by atoms with Crippen LogP contribution in [0.3, 0.4) is 0 Å². The van der Waals surface area contributed by atoms with Crippen molar-refractivity contribution < 1.29 is 28.9 Å². The van der Waals surface area contributed by atoms with Crippen LogP contribution in [0.15, 0.2) is 0 Å². The van der Waals surface area contributed by atoms with Gasteiger partial charge in [0, 0.05) is 19.8 Å². The first-order chi connectivity index (χ1) is 12.5. The van der Waals surface area contributed by atoms with E-state index in [1.807, 2.05) is 0 Å². The number of ether oxygens (including phenoxy) is 3. The number of nitrogens with one attached hydrogen (secondary N) is 3. The van der Waals surface area contributed by atoms with E-state index in [1.54, 1.807) is 20.8 Å². The molecule has 3 aliphatic carbocycles. The highest BCUT2D eigenvalue weighted by Gasteiger charge is 2.55. The van der Waals surface area contributed by atoms with Gasteiger partial charge >= 0.3 is 12.1 Å². The molecule has 3 rings (SSSR count). The Morgan fingerprint density at radius 3 is 2.19 bits per heavy atom. The first-order valence-corrected chi connectivity index (χ1v) is 9.34. The molecule has 0 aromatic heterocycles. The van der Waals surface area contributed by atoms with Crippen molar-refractivity contribution in [1.82, 2.24) is 16.0 Å². The Bertz CT molecular complexity index is 536. The van der Waals surface area contributed by atoms with Crippen LogP contribution in [0.4, 0.5) is 9.59 Å². The number of methoxy groups -OCH3 is 2. The summed E-state index contributed by atoms with van der Waals surface area (Å²) in [5.74, 6) is 0. The molecule has 3 amide bonds. The molecule has 156 valence electrons. The lowest BCUT2D eigenvalue weighted by Crippen LogP contribution is -2.70. The number of carbonyl (C=O) groups excluding carboxylic acids is 2. The Balaban J connectivity index is 1.91. The monoisotopic (exact) mass is 387 g/mol. The Morgan fingerprint density at radius 1 is 1.11 bits per heavy atom. The van der Waals surface area contributed by atoms with Crippen LogP contribution >= 0.6 is 0 Å². The second-order valence-electron chi connectivity index (χ2n) is 8.52. The number of carbonyl (C=O) groups is 2. The largest absolute Gasteiger partial charge is 0.444 e. The van der Waals surface area contributed by atoms with Gasteiger partial charge in [-0.25, -0.2) is 9.59 Å². The van der Waals surface area contributed by atoms with Crippen LogP contribution in [0.2, 0.25) is 0 Å². The van der Waals surface area contributed by atoms with E-state index in [4.69, 9.17) is 14.2 Å². The van der Waals surface area contributed by atoms with Gasteiger partial charge in [-0.3, -0.25) is 0 Å². The Kier molecular flexibility index (Phi) is 6.59. The summed E-state index contributed by atoms with van der Waals surface area (Å²) in [6, 6.07) is -0.323. The lowest BCUT2D eigenvalue weighted by Gasteiger charge is -2.56. The molecule has 2 bridgehead atoms. The second kappa shape index (κ2) is 8.20. The van der Waals surface area contributed by atoms with Crippen molar-refractivity contribution in [1.29, 1.82) is 0 Å². The maximum atomic E-state index is 12.2. The lowest BCUT2D eigenvalue weighted by molar-refractivity contribution is -0.0975. The predicted octanol–water partition coefficient (Wildman–Crippen LogP) is 1.25. The molecule has 1 atom stereocenters. The molecule has 3 aliphatic rings. The molecular formula is C18H33N3O6. The first kappa shape index (κ1) is 21.7. The van der Waals surface area contributed by atoms with E-state index in [9.17, 15) is 14.7 Å². The molecule has 9 heteroatoms. The van der Waals surface area contributed by atoms with Gasteiger partial charge in [0.25, 0.3) is 0 Å². The third-order valence-corrected chi connectivity index (χ3v) is 5.40. The molecule has 4 N–H and O–H groups in total. The molecule has 3 fully saturated rings. The van der Waals surface area contributed by atoms with Crippen molar-refractivity contribution in [2.24, 2.45) is 0 Å². The van der Waals surface area contributed by atoms with Gasteiger partial charge in [-0.05, 0) is 52.9 Å². The maximum absolute atomic E-state index is 12.2. The molecule has 3 saturated carbocycles. The highest BCUT2D eigenvalue weighted by atomic mass is 16.7. The van der Waals surface area contributed by atoms with Crippen LogP contribution in [-0.2, 0) is 14.2 Å². The zero-order chi connectivity index (χ0) is 20.3. The second-order valence-corrected chi connectivity index (χ2v) is 8.52. The van der Waals surface area contributed by atoms with E-state index in [0.29, 0.717) is 32.1 Å². The van der Waals surface area contributed by atoms with Crippen LogP contribution in [0, 0.1) is 0 Å². The highest BCUT2D eigenvalue weighted by Crippen LogP contribution is 2.47. The quantitative estimate of drug-likeness (QED) is 0.510. The van der Waals surface area contributed by atoms with Crippen LogP contribution in [0.1, 0.15) is 52.9 Å². The fourth-order valence-electron chi connectivity index (χ4n) is 3.89. The molecule has 0 aromatic rings. The third-order valence-electron chi connectivity index (χ3n) is 5.40. The fourth-order valence-corrected chi connectivity index (χ4v) is 3.89. The average molecular weight is 387 g/mol. The summed E-state index contributed by atoms with van der Waals surface area (Å²) < 4.78 is 15.4. The summed E-state index contributed by atoms with van der Waals surface area (Å²) in [7, 11) is 3.00. The minimum atomic E-state index is -0.751. The van der Waals surface area contributed by atoms with E-state index in [2.05, 4.69) is 16.0 Å². The third kappa shape index (κ3) is 5.46. The standard InChI is InChI=1S/C18H33N3O6/c1-16(2,3)27-15(24)21-18-8-6-17(7-9-18,10-12(18)22)20-14(23)19-11-13(25-4)26-5/h12-13,22H,6-11H2,1-5H3,(H,21,24)(H2,19,20,23)/t12-,17?,18?/m0/s1.